The molecule has 0 spiro atoms. The van der Waals surface area contributed by atoms with E-state index in [1.807, 2.05) is 12.3 Å². The average Bonchev–Trinajstić information content (AvgIpc) is 2.40. The van der Waals surface area contributed by atoms with E-state index in [0.717, 1.165) is 5.69 Å². The Morgan fingerprint density at radius 3 is 2.39 bits per heavy atom. The van der Waals surface area contributed by atoms with Gasteiger partial charge in [-0.2, -0.15) is 0 Å². The lowest BCUT2D eigenvalue weighted by Gasteiger charge is -2.31. The molecule has 1 atom stereocenters. The van der Waals surface area contributed by atoms with E-state index in [2.05, 4.69) is 52.8 Å². The molecule has 2 aromatic rings. The molecular formula is C16H18N2. The van der Waals surface area contributed by atoms with Gasteiger partial charge in [0.15, 0.2) is 0 Å². The van der Waals surface area contributed by atoms with E-state index < -0.39 is 0 Å². The highest BCUT2D eigenvalue weighted by molar-refractivity contribution is 5.27. The molecule has 1 aromatic heterocycles. The fourth-order valence-corrected chi connectivity index (χ4v) is 2.36. The second kappa shape index (κ2) is 5.32. The van der Waals surface area contributed by atoms with Crippen LogP contribution < -0.4 is 5.32 Å². The largest absolute Gasteiger partial charge is 0.302 e. The molecule has 0 saturated heterocycles. The van der Waals surface area contributed by atoms with Crippen LogP contribution in [0.2, 0.25) is 0 Å². The van der Waals surface area contributed by atoms with Crippen LogP contribution in [0.3, 0.4) is 0 Å². The van der Waals surface area contributed by atoms with Crippen molar-refractivity contribution in [1.29, 1.82) is 0 Å². The molecule has 0 amide bonds. The summed E-state index contributed by atoms with van der Waals surface area (Å²) in [4.78, 5) is 4.50. The molecule has 1 heterocycles. The van der Waals surface area contributed by atoms with Crippen molar-refractivity contribution < 1.29 is 0 Å². The number of nitrogens with one attached hydrogen (secondary N) is 1. The van der Waals surface area contributed by atoms with Crippen molar-refractivity contribution in [3.8, 4) is 0 Å². The van der Waals surface area contributed by atoms with E-state index >= 15 is 0 Å². The van der Waals surface area contributed by atoms with Crippen LogP contribution in [0, 0.1) is 0 Å². The Morgan fingerprint density at radius 1 is 1.00 bits per heavy atom. The first-order chi connectivity index (χ1) is 8.93. The van der Waals surface area contributed by atoms with Gasteiger partial charge >= 0.3 is 0 Å². The molecular weight excluding hydrogens is 220 g/mol. The minimum Gasteiger partial charge on any atom is -0.302 e. The summed E-state index contributed by atoms with van der Waals surface area (Å²) in [6, 6.07) is 17.6. The van der Waals surface area contributed by atoms with Crippen molar-refractivity contribution in [3.05, 3.63) is 66.0 Å². The number of pyridine rings is 1. The van der Waals surface area contributed by atoms with E-state index in [4.69, 9.17) is 0 Å². The van der Waals surface area contributed by atoms with Gasteiger partial charge in [-0.3, -0.25) is 4.98 Å². The summed E-state index contributed by atoms with van der Waals surface area (Å²) in [5, 5.41) is 3.72. The zero-order valence-corrected chi connectivity index (χ0v) is 10.4. The smallest absolute Gasteiger partial charge is 0.0753 e. The number of rotatable bonds is 4. The lowest BCUT2D eigenvalue weighted by atomic mass is 9.91. The number of nitrogens with zero attached hydrogens (tertiary/aromatic N) is 1. The fourth-order valence-electron chi connectivity index (χ4n) is 2.36. The standard InChI is InChI=1S/C16H18N2/c1-2-7-13(8-3-1)16(18-14-9-6-10-14)15-11-4-5-12-17-15/h1-5,7-8,11-12,14,16,18H,6,9-10H2. The van der Waals surface area contributed by atoms with Crippen molar-refractivity contribution in [1.82, 2.24) is 10.3 Å². The Hall–Kier alpha value is -1.67. The number of aromatic nitrogens is 1. The molecule has 1 unspecified atom stereocenters. The third kappa shape index (κ3) is 2.44. The van der Waals surface area contributed by atoms with E-state index in [1.54, 1.807) is 0 Å². The van der Waals surface area contributed by atoms with Gasteiger partial charge in [-0.1, -0.05) is 42.8 Å². The predicted octanol–water partition coefficient (Wildman–Crippen LogP) is 3.31. The van der Waals surface area contributed by atoms with Gasteiger partial charge in [-0.15, -0.1) is 0 Å². The maximum atomic E-state index is 4.50. The SMILES string of the molecule is c1ccc(C(NC2CCC2)c2ccccn2)cc1. The monoisotopic (exact) mass is 238 g/mol. The number of hydrogen-bond acceptors (Lipinski definition) is 2. The summed E-state index contributed by atoms with van der Waals surface area (Å²) in [6.45, 7) is 0. The normalized spacial score (nSPS) is 17.1. The lowest BCUT2D eigenvalue weighted by molar-refractivity contribution is 0.318. The summed E-state index contributed by atoms with van der Waals surface area (Å²) >= 11 is 0. The first-order valence-corrected chi connectivity index (χ1v) is 6.65. The van der Waals surface area contributed by atoms with Crippen LogP contribution in [0.15, 0.2) is 54.7 Å². The summed E-state index contributed by atoms with van der Waals surface area (Å²) in [6.07, 6.45) is 5.79. The topological polar surface area (TPSA) is 24.9 Å². The summed E-state index contributed by atoms with van der Waals surface area (Å²) in [5.74, 6) is 0. The Bertz CT molecular complexity index is 437. The summed E-state index contributed by atoms with van der Waals surface area (Å²) in [5.41, 5.74) is 2.40. The number of hydrogen-bond donors (Lipinski definition) is 1. The fraction of sp³-hybridized carbons (Fsp3) is 0.312. The van der Waals surface area contributed by atoms with Gasteiger partial charge in [0.05, 0.1) is 11.7 Å². The highest BCUT2D eigenvalue weighted by Gasteiger charge is 2.23. The molecule has 0 bridgehead atoms. The van der Waals surface area contributed by atoms with Gasteiger partial charge in [-0.25, -0.2) is 0 Å². The molecule has 1 aliphatic rings. The van der Waals surface area contributed by atoms with Crippen molar-refractivity contribution in [3.63, 3.8) is 0 Å². The molecule has 92 valence electrons. The second-order valence-corrected chi connectivity index (χ2v) is 4.89. The highest BCUT2D eigenvalue weighted by atomic mass is 15.0. The molecule has 1 saturated carbocycles. The Morgan fingerprint density at radius 2 is 1.78 bits per heavy atom. The van der Waals surface area contributed by atoms with Crippen LogP contribution in [0.4, 0.5) is 0 Å². The summed E-state index contributed by atoms with van der Waals surface area (Å²) in [7, 11) is 0. The lowest BCUT2D eigenvalue weighted by Crippen LogP contribution is -2.38. The maximum absolute atomic E-state index is 4.50. The Labute approximate surface area is 108 Å². The molecule has 18 heavy (non-hydrogen) atoms. The quantitative estimate of drug-likeness (QED) is 0.884. The Kier molecular flexibility index (Phi) is 3.37. The van der Waals surface area contributed by atoms with Crippen molar-refractivity contribution >= 4 is 0 Å². The molecule has 1 aliphatic carbocycles. The van der Waals surface area contributed by atoms with Crippen molar-refractivity contribution in [2.24, 2.45) is 0 Å². The highest BCUT2D eigenvalue weighted by Crippen LogP contribution is 2.26. The van der Waals surface area contributed by atoms with Crippen LogP contribution in [0.5, 0.6) is 0 Å². The van der Waals surface area contributed by atoms with Gasteiger partial charge in [-0.05, 0) is 30.5 Å². The van der Waals surface area contributed by atoms with Gasteiger partial charge < -0.3 is 5.32 Å². The van der Waals surface area contributed by atoms with Gasteiger partial charge in [0.25, 0.3) is 0 Å². The second-order valence-electron chi connectivity index (χ2n) is 4.89. The van der Waals surface area contributed by atoms with E-state index in [0.29, 0.717) is 6.04 Å². The van der Waals surface area contributed by atoms with Crippen LogP contribution in [0.25, 0.3) is 0 Å². The summed E-state index contributed by atoms with van der Waals surface area (Å²) < 4.78 is 0. The third-order valence-corrected chi connectivity index (χ3v) is 3.62. The first-order valence-electron chi connectivity index (χ1n) is 6.65. The molecule has 2 heteroatoms. The van der Waals surface area contributed by atoms with Crippen LogP contribution in [0.1, 0.15) is 36.6 Å². The molecule has 0 radical (unpaired) electrons. The minimum atomic E-state index is 0.220. The number of benzene rings is 1. The molecule has 2 nitrogen and oxygen atoms in total. The molecule has 1 aromatic carbocycles. The minimum absolute atomic E-state index is 0.220. The van der Waals surface area contributed by atoms with Gasteiger partial charge in [0, 0.05) is 12.2 Å². The van der Waals surface area contributed by atoms with Crippen molar-refractivity contribution in [2.75, 3.05) is 0 Å². The van der Waals surface area contributed by atoms with Gasteiger partial charge in [0.1, 0.15) is 0 Å². The Balaban J connectivity index is 1.88. The van der Waals surface area contributed by atoms with Gasteiger partial charge in [0.2, 0.25) is 0 Å². The molecule has 0 aliphatic heterocycles. The van der Waals surface area contributed by atoms with Crippen LogP contribution in [-0.2, 0) is 0 Å². The van der Waals surface area contributed by atoms with Crippen LogP contribution >= 0.6 is 0 Å². The van der Waals surface area contributed by atoms with Crippen molar-refractivity contribution in [2.45, 2.75) is 31.3 Å². The zero-order chi connectivity index (χ0) is 12.2. The van der Waals surface area contributed by atoms with Crippen LogP contribution in [-0.4, -0.2) is 11.0 Å². The zero-order valence-electron chi connectivity index (χ0n) is 10.4. The third-order valence-electron chi connectivity index (χ3n) is 3.62. The average molecular weight is 238 g/mol. The molecule has 1 N–H and O–H groups in total. The van der Waals surface area contributed by atoms with E-state index in [1.165, 1.54) is 24.8 Å². The first kappa shape index (κ1) is 11.4. The van der Waals surface area contributed by atoms with E-state index in [9.17, 15) is 0 Å². The predicted molar refractivity (Wildman–Crippen MR) is 73.3 cm³/mol. The van der Waals surface area contributed by atoms with E-state index in [-0.39, 0.29) is 6.04 Å². The molecule has 3 rings (SSSR count). The maximum Gasteiger partial charge on any atom is 0.0753 e. The molecule has 1 fully saturated rings.